The Hall–Kier alpha value is -2.07. The maximum atomic E-state index is 10.6. The highest BCUT2D eigenvalue weighted by Crippen LogP contribution is 2.21. The molecule has 4 N–H and O–H groups in total. The lowest BCUT2D eigenvalue weighted by molar-refractivity contribution is -0.138. The largest absolute Gasteiger partial charge is 0.508 e. The molecule has 18 heavy (non-hydrogen) atoms. The van der Waals surface area contributed by atoms with Gasteiger partial charge >= 0.3 is 5.97 Å². The van der Waals surface area contributed by atoms with Crippen LogP contribution in [0.1, 0.15) is 12.0 Å². The molecule has 1 atom stereocenters. The molecule has 2 aromatic rings. The molecule has 0 saturated heterocycles. The van der Waals surface area contributed by atoms with Crippen LogP contribution in [0.25, 0.3) is 10.8 Å². The minimum Gasteiger partial charge on any atom is -0.508 e. The van der Waals surface area contributed by atoms with E-state index < -0.39 is 12.0 Å². The maximum Gasteiger partial charge on any atom is 0.320 e. The lowest BCUT2D eigenvalue weighted by atomic mass is 10.0. The number of carboxylic acid groups (broad SMARTS) is 1. The smallest absolute Gasteiger partial charge is 0.320 e. The van der Waals surface area contributed by atoms with Crippen LogP contribution >= 0.6 is 0 Å². The number of rotatable bonds is 4. The summed E-state index contributed by atoms with van der Waals surface area (Å²) in [6.45, 7) is 0. The van der Waals surface area contributed by atoms with Gasteiger partial charge in [-0.2, -0.15) is 0 Å². The standard InChI is InChI=1S/C14H15NO3/c15-13(14(17)18)6-2-9-1-3-11-8-12(16)5-4-10(11)7-9/h1,3-5,7-8,13,16H,2,6,15H2,(H,17,18). The molecular weight excluding hydrogens is 230 g/mol. The number of nitrogens with two attached hydrogens (primary N) is 1. The van der Waals surface area contributed by atoms with E-state index in [0.717, 1.165) is 16.3 Å². The van der Waals surface area contributed by atoms with Crippen LogP contribution in [0.5, 0.6) is 5.75 Å². The zero-order chi connectivity index (χ0) is 13.1. The third-order valence-electron chi connectivity index (χ3n) is 2.95. The van der Waals surface area contributed by atoms with E-state index in [9.17, 15) is 9.90 Å². The molecule has 0 bridgehead atoms. The van der Waals surface area contributed by atoms with Crippen LogP contribution in [0.4, 0.5) is 0 Å². The third-order valence-corrected chi connectivity index (χ3v) is 2.95. The number of fused-ring (bicyclic) bond motifs is 1. The molecule has 2 aromatic carbocycles. The highest BCUT2D eigenvalue weighted by Gasteiger charge is 2.10. The highest BCUT2D eigenvalue weighted by molar-refractivity contribution is 5.84. The van der Waals surface area contributed by atoms with Crippen molar-refractivity contribution in [2.24, 2.45) is 5.73 Å². The number of carbonyl (C=O) groups is 1. The van der Waals surface area contributed by atoms with Crippen molar-refractivity contribution in [2.75, 3.05) is 0 Å². The molecule has 0 aromatic heterocycles. The van der Waals surface area contributed by atoms with Crippen molar-refractivity contribution in [1.29, 1.82) is 0 Å². The first-order valence-electron chi connectivity index (χ1n) is 5.76. The number of phenolic OH excluding ortho intramolecular Hbond substituents is 1. The van der Waals surface area contributed by atoms with Gasteiger partial charge in [0.05, 0.1) is 0 Å². The lowest BCUT2D eigenvalue weighted by Gasteiger charge is -2.07. The molecule has 0 aliphatic rings. The Balaban J connectivity index is 2.15. The topological polar surface area (TPSA) is 83.5 Å². The summed E-state index contributed by atoms with van der Waals surface area (Å²) in [5.74, 6) is -0.733. The molecule has 4 heteroatoms. The number of aromatic hydroxyl groups is 1. The molecule has 2 rings (SSSR count). The van der Waals surface area contributed by atoms with E-state index in [2.05, 4.69) is 0 Å². The first-order chi connectivity index (χ1) is 8.56. The predicted molar refractivity (Wildman–Crippen MR) is 69.5 cm³/mol. The van der Waals surface area contributed by atoms with Crippen molar-refractivity contribution >= 4 is 16.7 Å². The van der Waals surface area contributed by atoms with Crippen LogP contribution in [0, 0.1) is 0 Å². The Morgan fingerprint density at radius 2 is 1.83 bits per heavy atom. The fourth-order valence-electron chi connectivity index (χ4n) is 1.88. The van der Waals surface area contributed by atoms with Gasteiger partial charge in [0.2, 0.25) is 0 Å². The van der Waals surface area contributed by atoms with E-state index in [-0.39, 0.29) is 5.75 Å². The normalized spacial score (nSPS) is 12.5. The van der Waals surface area contributed by atoms with Gasteiger partial charge in [0, 0.05) is 0 Å². The number of phenols is 1. The molecule has 0 saturated carbocycles. The van der Waals surface area contributed by atoms with Crippen LogP contribution in [-0.2, 0) is 11.2 Å². The fourth-order valence-corrected chi connectivity index (χ4v) is 1.88. The van der Waals surface area contributed by atoms with E-state index in [4.69, 9.17) is 10.8 Å². The van der Waals surface area contributed by atoms with Gasteiger partial charge in [-0.3, -0.25) is 4.79 Å². The van der Waals surface area contributed by atoms with E-state index in [1.165, 1.54) is 0 Å². The Kier molecular flexibility index (Phi) is 3.48. The Labute approximate surface area is 105 Å². The zero-order valence-electron chi connectivity index (χ0n) is 9.84. The number of carboxylic acids is 1. The summed E-state index contributed by atoms with van der Waals surface area (Å²) in [7, 11) is 0. The SMILES string of the molecule is NC(CCc1ccc2cc(O)ccc2c1)C(=O)O. The van der Waals surface area contributed by atoms with Crippen LogP contribution in [0.2, 0.25) is 0 Å². The van der Waals surface area contributed by atoms with Gasteiger partial charge in [-0.25, -0.2) is 0 Å². The molecule has 1 unspecified atom stereocenters. The van der Waals surface area contributed by atoms with Crippen molar-refractivity contribution in [3.8, 4) is 5.75 Å². The fraction of sp³-hybridized carbons (Fsp3) is 0.214. The van der Waals surface area contributed by atoms with Crippen molar-refractivity contribution in [2.45, 2.75) is 18.9 Å². The first-order valence-corrected chi connectivity index (χ1v) is 5.76. The first kappa shape index (κ1) is 12.4. The second kappa shape index (κ2) is 5.06. The van der Waals surface area contributed by atoms with E-state index in [0.29, 0.717) is 12.8 Å². The van der Waals surface area contributed by atoms with Gasteiger partial charge in [-0.15, -0.1) is 0 Å². The molecule has 0 fully saturated rings. The highest BCUT2D eigenvalue weighted by atomic mass is 16.4. The molecule has 0 aliphatic carbocycles. The number of aliphatic carboxylic acids is 1. The predicted octanol–water partition coefficient (Wildman–Crippen LogP) is 1.89. The maximum absolute atomic E-state index is 10.6. The summed E-state index contributed by atoms with van der Waals surface area (Å²) in [5, 5.41) is 20.0. The second-order valence-electron chi connectivity index (χ2n) is 4.35. The van der Waals surface area contributed by atoms with Gasteiger partial charge < -0.3 is 15.9 Å². The average molecular weight is 245 g/mol. The van der Waals surface area contributed by atoms with Gasteiger partial charge in [0.25, 0.3) is 0 Å². The third kappa shape index (κ3) is 2.78. The molecule has 0 amide bonds. The van der Waals surface area contributed by atoms with E-state index in [1.54, 1.807) is 12.1 Å². The van der Waals surface area contributed by atoms with Crippen molar-refractivity contribution in [1.82, 2.24) is 0 Å². The summed E-state index contributed by atoms with van der Waals surface area (Å²) in [6, 6.07) is 10.2. The number of aryl methyl sites for hydroxylation is 1. The van der Waals surface area contributed by atoms with Gasteiger partial charge in [0.15, 0.2) is 0 Å². The molecule has 0 radical (unpaired) electrons. The summed E-state index contributed by atoms with van der Waals surface area (Å²) in [5.41, 5.74) is 6.51. The molecule has 4 nitrogen and oxygen atoms in total. The lowest BCUT2D eigenvalue weighted by Crippen LogP contribution is -2.30. The van der Waals surface area contributed by atoms with Crippen LogP contribution in [0.15, 0.2) is 36.4 Å². The Morgan fingerprint density at radius 1 is 1.17 bits per heavy atom. The zero-order valence-corrected chi connectivity index (χ0v) is 9.84. The van der Waals surface area contributed by atoms with Gasteiger partial charge in [-0.1, -0.05) is 24.3 Å². The number of hydrogen-bond donors (Lipinski definition) is 3. The van der Waals surface area contributed by atoms with Crippen LogP contribution in [-0.4, -0.2) is 22.2 Å². The summed E-state index contributed by atoms with van der Waals surface area (Å²) >= 11 is 0. The van der Waals surface area contributed by atoms with E-state index in [1.807, 2.05) is 24.3 Å². The quantitative estimate of drug-likeness (QED) is 0.768. The van der Waals surface area contributed by atoms with Gasteiger partial charge in [0.1, 0.15) is 11.8 Å². The molecule has 0 aliphatic heterocycles. The summed E-state index contributed by atoms with van der Waals surface area (Å²) in [4.78, 5) is 10.6. The minimum absolute atomic E-state index is 0.239. The van der Waals surface area contributed by atoms with Crippen LogP contribution < -0.4 is 5.73 Å². The molecule has 0 heterocycles. The molecular formula is C14H15NO3. The number of hydrogen-bond acceptors (Lipinski definition) is 3. The van der Waals surface area contributed by atoms with Crippen LogP contribution in [0.3, 0.4) is 0 Å². The molecule has 0 spiro atoms. The molecule has 94 valence electrons. The minimum atomic E-state index is -0.972. The summed E-state index contributed by atoms with van der Waals surface area (Å²) < 4.78 is 0. The average Bonchev–Trinajstić information content (AvgIpc) is 2.35. The second-order valence-corrected chi connectivity index (χ2v) is 4.35. The summed E-state index contributed by atoms with van der Waals surface area (Å²) in [6.07, 6.45) is 1.04. The Morgan fingerprint density at radius 3 is 2.56 bits per heavy atom. The van der Waals surface area contributed by atoms with E-state index >= 15 is 0 Å². The Bertz CT molecular complexity index is 580. The van der Waals surface area contributed by atoms with Gasteiger partial charge in [-0.05, 0) is 41.3 Å². The van der Waals surface area contributed by atoms with Crippen molar-refractivity contribution in [3.05, 3.63) is 42.0 Å². The monoisotopic (exact) mass is 245 g/mol. The number of benzene rings is 2. The van der Waals surface area contributed by atoms with Crippen molar-refractivity contribution < 1.29 is 15.0 Å². The van der Waals surface area contributed by atoms with Crippen molar-refractivity contribution in [3.63, 3.8) is 0 Å².